The number of nitrogens with zero attached hydrogens (tertiary/aromatic N) is 1. The van der Waals surface area contributed by atoms with Gasteiger partial charge in [0.05, 0.1) is 6.04 Å². The molecule has 3 fully saturated rings. The van der Waals surface area contributed by atoms with Gasteiger partial charge in [0.1, 0.15) is 5.54 Å². The highest BCUT2D eigenvalue weighted by Gasteiger charge is 2.48. The Morgan fingerprint density at radius 3 is 2.95 bits per heavy atom. The normalized spacial score (nSPS) is 37.1. The van der Waals surface area contributed by atoms with Crippen molar-refractivity contribution >= 4 is 11.8 Å². The lowest BCUT2D eigenvalue weighted by molar-refractivity contribution is -0.151. The minimum absolute atomic E-state index is 0.0481. The predicted octanol–water partition coefficient (Wildman–Crippen LogP) is 0.112. The van der Waals surface area contributed by atoms with Crippen LogP contribution in [0.25, 0.3) is 0 Å². The van der Waals surface area contributed by atoms with Gasteiger partial charge in [0.2, 0.25) is 11.8 Å². The van der Waals surface area contributed by atoms with Crippen LogP contribution in [0.4, 0.5) is 0 Å². The summed E-state index contributed by atoms with van der Waals surface area (Å²) in [5.74, 6) is 1.21. The smallest absolute Gasteiger partial charge is 0.245 e. The first-order valence-corrected chi connectivity index (χ1v) is 7.35. The number of carbonyl (C=O) groups excluding carboxylic acids is 2. The zero-order valence-electron chi connectivity index (χ0n) is 11.7. The van der Waals surface area contributed by atoms with Crippen molar-refractivity contribution in [2.75, 3.05) is 19.6 Å². The Morgan fingerprint density at radius 1 is 1.37 bits per heavy atom. The molecule has 3 rings (SSSR count). The van der Waals surface area contributed by atoms with Crippen molar-refractivity contribution in [3.05, 3.63) is 0 Å². The van der Waals surface area contributed by atoms with Crippen LogP contribution in [0.5, 0.6) is 0 Å². The van der Waals surface area contributed by atoms with E-state index >= 15 is 0 Å². The predicted molar refractivity (Wildman–Crippen MR) is 71.4 cm³/mol. The molecule has 2 N–H and O–H groups in total. The molecule has 3 aliphatic rings. The number of carbonyl (C=O) groups is 2. The Labute approximate surface area is 114 Å². The van der Waals surface area contributed by atoms with E-state index in [0.29, 0.717) is 24.9 Å². The molecule has 0 aromatic heterocycles. The number of fused-ring (bicyclic) bond motifs is 1. The molecule has 106 valence electrons. The number of amides is 2. The van der Waals surface area contributed by atoms with Crippen molar-refractivity contribution in [1.29, 1.82) is 0 Å². The summed E-state index contributed by atoms with van der Waals surface area (Å²) in [6, 6.07) is -0.0716. The quantitative estimate of drug-likeness (QED) is 0.707. The third-order valence-electron chi connectivity index (χ3n) is 5.13. The highest BCUT2D eigenvalue weighted by molar-refractivity contribution is 5.93. The average Bonchev–Trinajstić information content (AvgIpc) is 2.93. The van der Waals surface area contributed by atoms with Gasteiger partial charge in [-0.15, -0.1) is 0 Å². The van der Waals surface area contributed by atoms with Gasteiger partial charge < -0.3 is 15.5 Å². The molecule has 0 radical (unpaired) electrons. The first-order chi connectivity index (χ1) is 9.01. The van der Waals surface area contributed by atoms with Gasteiger partial charge in [0.15, 0.2) is 0 Å². The first-order valence-electron chi connectivity index (χ1n) is 7.35. The Balaban J connectivity index is 1.78. The number of piperazine rings is 1. The van der Waals surface area contributed by atoms with Gasteiger partial charge in [-0.05, 0) is 45.1 Å². The van der Waals surface area contributed by atoms with E-state index < -0.39 is 5.54 Å². The van der Waals surface area contributed by atoms with Crippen LogP contribution >= 0.6 is 0 Å². The van der Waals surface area contributed by atoms with Crippen LogP contribution in [-0.4, -0.2) is 47.9 Å². The zero-order valence-corrected chi connectivity index (χ0v) is 11.7. The molecule has 19 heavy (non-hydrogen) atoms. The van der Waals surface area contributed by atoms with Crippen LogP contribution in [0.15, 0.2) is 0 Å². The maximum absolute atomic E-state index is 12.8. The van der Waals surface area contributed by atoms with Gasteiger partial charge in [0.25, 0.3) is 0 Å². The van der Waals surface area contributed by atoms with E-state index in [4.69, 9.17) is 0 Å². The van der Waals surface area contributed by atoms with Gasteiger partial charge in [-0.3, -0.25) is 9.59 Å². The molecule has 1 aliphatic carbocycles. The average molecular weight is 265 g/mol. The van der Waals surface area contributed by atoms with Crippen molar-refractivity contribution in [3.8, 4) is 0 Å². The van der Waals surface area contributed by atoms with Crippen LogP contribution in [0, 0.1) is 11.8 Å². The number of hydrogen-bond acceptors (Lipinski definition) is 3. The van der Waals surface area contributed by atoms with E-state index in [9.17, 15) is 9.59 Å². The Morgan fingerprint density at radius 2 is 2.16 bits per heavy atom. The van der Waals surface area contributed by atoms with Crippen LogP contribution in [-0.2, 0) is 9.59 Å². The van der Waals surface area contributed by atoms with E-state index in [1.807, 2.05) is 13.8 Å². The second-order valence-electron chi connectivity index (χ2n) is 6.55. The standard InChI is InChI=1S/C14H23N3O2/c1-14(2)13(19)15-6-7-17(14)12(18)11-10-5-3-4-9(10)8-16-11/h9-11,16H,3-8H2,1-2H3,(H,15,19). The van der Waals surface area contributed by atoms with Crippen molar-refractivity contribution in [2.24, 2.45) is 11.8 Å². The lowest BCUT2D eigenvalue weighted by Gasteiger charge is -2.42. The van der Waals surface area contributed by atoms with E-state index in [1.54, 1.807) is 4.90 Å². The van der Waals surface area contributed by atoms with Gasteiger partial charge in [-0.1, -0.05) is 6.42 Å². The van der Waals surface area contributed by atoms with Crippen LogP contribution < -0.4 is 10.6 Å². The molecule has 3 atom stereocenters. The number of rotatable bonds is 1. The highest BCUT2D eigenvalue weighted by Crippen LogP contribution is 2.38. The lowest BCUT2D eigenvalue weighted by Crippen LogP contribution is -2.66. The molecule has 0 aromatic carbocycles. The van der Waals surface area contributed by atoms with E-state index in [1.165, 1.54) is 12.8 Å². The highest BCUT2D eigenvalue weighted by atomic mass is 16.2. The molecular formula is C14H23N3O2. The molecule has 2 saturated heterocycles. The third kappa shape index (κ3) is 1.95. The van der Waals surface area contributed by atoms with Crippen molar-refractivity contribution in [3.63, 3.8) is 0 Å². The van der Waals surface area contributed by atoms with Crippen molar-refractivity contribution in [1.82, 2.24) is 15.5 Å². The van der Waals surface area contributed by atoms with Crippen molar-refractivity contribution < 1.29 is 9.59 Å². The van der Waals surface area contributed by atoms with E-state index in [-0.39, 0.29) is 17.9 Å². The first kappa shape index (κ1) is 12.9. The largest absolute Gasteiger partial charge is 0.352 e. The summed E-state index contributed by atoms with van der Waals surface area (Å²) in [6.45, 7) is 5.81. The fraction of sp³-hybridized carbons (Fsp3) is 0.857. The Hall–Kier alpha value is -1.10. The minimum atomic E-state index is -0.728. The maximum Gasteiger partial charge on any atom is 0.245 e. The monoisotopic (exact) mass is 265 g/mol. The summed E-state index contributed by atoms with van der Waals surface area (Å²) in [7, 11) is 0. The molecule has 2 heterocycles. The fourth-order valence-electron chi connectivity index (χ4n) is 3.91. The van der Waals surface area contributed by atoms with Crippen LogP contribution in [0.3, 0.4) is 0 Å². The number of nitrogens with one attached hydrogen (secondary N) is 2. The molecule has 2 amide bonds. The van der Waals surface area contributed by atoms with Gasteiger partial charge >= 0.3 is 0 Å². The molecule has 3 unspecified atom stereocenters. The summed E-state index contributed by atoms with van der Waals surface area (Å²) in [4.78, 5) is 26.5. The molecule has 0 bridgehead atoms. The summed E-state index contributed by atoms with van der Waals surface area (Å²) in [6.07, 6.45) is 3.63. The molecule has 1 saturated carbocycles. The second kappa shape index (κ2) is 4.47. The maximum atomic E-state index is 12.8. The minimum Gasteiger partial charge on any atom is -0.352 e. The van der Waals surface area contributed by atoms with E-state index in [2.05, 4.69) is 10.6 Å². The molecular weight excluding hydrogens is 242 g/mol. The van der Waals surface area contributed by atoms with Crippen LogP contribution in [0.2, 0.25) is 0 Å². The lowest BCUT2D eigenvalue weighted by atomic mass is 9.91. The van der Waals surface area contributed by atoms with Gasteiger partial charge in [0, 0.05) is 13.1 Å². The summed E-state index contributed by atoms with van der Waals surface area (Å²) in [5.41, 5.74) is -0.728. The molecule has 5 nitrogen and oxygen atoms in total. The van der Waals surface area contributed by atoms with E-state index in [0.717, 1.165) is 13.0 Å². The Kier molecular flexibility index (Phi) is 3.04. The Bertz CT molecular complexity index is 407. The molecule has 5 heteroatoms. The topological polar surface area (TPSA) is 61.4 Å². The van der Waals surface area contributed by atoms with Gasteiger partial charge in [-0.2, -0.15) is 0 Å². The molecule has 2 aliphatic heterocycles. The molecule has 0 spiro atoms. The summed E-state index contributed by atoms with van der Waals surface area (Å²) >= 11 is 0. The summed E-state index contributed by atoms with van der Waals surface area (Å²) in [5, 5.41) is 6.23. The van der Waals surface area contributed by atoms with Crippen LogP contribution in [0.1, 0.15) is 33.1 Å². The number of hydrogen-bond donors (Lipinski definition) is 2. The van der Waals surface area contributed by atoms with Gasteiger partial charge in [-0.25, -0.2) is 0 Å². The van der Waals surface area contributed by atoms with Crippen molar-refractivity contribution in [2.45, 2.75) is 44.7 Å². The second-order valence-corrected chi connectivity index (χ2v) is 6.55. The SMILES string of the molecule is CC1(C)C(=O)NCCN1C(=O)C1NCC2CCCC21. The third-order valence-corrected chi connectivity index (χ3v) is 5.13. The fourth-order valence-corrected chi connectivity index (χ4v) is 3.91. The summed E-state index contributed by atoms with van der Waals surface area (Å²) < 4.78 is 0. The zero-order chi connectivity index (χ0) is 13.6. The molecule has 0 aromatic rings.